The topological polar surface area (TPSA) is 75.4 Å². The van der Waals surface area contributed by atoms with Crippen LogP contribution in [0.3, 0.4) is 0 Å². The maximum atomic E-state index is 12.5. The Morgan fingerprint density at radius 2 is 1.72 bits per heavy atom. The zero-order valence-electron chi connectivity index (χ0n) is 15.3. The molecule has 0 fully saturated rings. The van der Waals surface area contributed by atoms with Gasteiger partial charge in [0.15, 0.2) is 0 Å². The molecule has 0 heterocycles. The second kappa shape index (κ2) is 13.0. The molecule has 1 atom stereocenters. The first-order valence-electron chi connectivity index (χ1n) is 8.48. The number of nitrogens with one attached hydrogen (secondary N) is 1. The number of benzene rings is 1. The van der Waals surface area contributed by atoms with Crippen LogP contribution in [0.25, 0.3) is 0 Å². The van der Waals surface area contributed by atoms with Gasteiger partial charge in [0.2, 0.25) is 5.91 Å². The molecule has 0 spiro atoms. The number of hydrogen-bond donors (Lipinski definition) is 2. The Morgan fingerprint density at radius 3 is 2.20 bits per heavy atom. The third-order valence-electron chi connectivity index (χ3n) is 3.64. The average Bonchev–Trinajstić information content (AvgIpc) is 2.59. The van der Waals surface area contributed by atoms with Gasteiger partial charge < -0.3 is 16.0 Å². The minimum atomic E-state index is -0.511. The Morgan fingerprint density at radius 1 is 1.16 bits per heavy atom. The summed E-state index contributed by atoms with van der Waals surface area (Å²) in [6.07, 6.45) is 4.51. The summed E-state index contributed by atoms with van der Waals surface area (Å²) in [4.78, 5) is 26.4. The van der Waals surface area contributed by atoms with Gasteiger partial charge >= 0.3 is 0 Å². The highest BCUT2D eigenvalue weighted by molar-refractivity contribution is 7.98. The highest BCUT2D eigenvalue weighted by atomic mass is 35.5. The van der Waals surface area contributed by atoms with Crippen molar-refractivity contribution in [2.24, 2.45) is 5.73 Å². The van der Waals surface area contributed by atoms with Gasteiger partial charge in [-0.25, -0.2) is 0 Å². The predicted molar refractivity (Wildman–Crippen MR) is 110 cm³/mol. The van der Waals surface area contributed by atoms with E-state index < -0.39 is 6.04 Å². The molecule has 0 bridgehead atoms. The molecule has 1 aromatic carbocycles. The van der Waals surface area contributed by atoms with Gasteiger partial charge in [0.1, 0.15) is 0 Å². The number of nitrogens with zero attached hydrogens (tertiary/aromatic N) is 1. The second-order valence-electron chi connectivity index (χ2n) is 5.75. The molecular weight excluding hydrogens is 358 g/mol. The minimum Gasteiger partial charge on any atom is -0.339 e. The number of halogens is 1. The van der Waals surface area contributed by atoms with Crippen molar-refractivity contribution in [1.29, 1.82) is 0 Å². The lowest BCUT2D eigenvalue weighted by molar-refractivity contribution is -0.117. The number of anilines is 1. The average molecular weight is 388 g/mol. The van der Waals surface area contributed by atoms with Crippen molar-refractivity contribution in [3.63, 3.8) is 0 Å². The molecule has 7 heteroatoms. The van der Waals surface area contributed by atoms with Crippen LogP contribution in [0.5, 0.6) is 0 Å². The molecule has 0 aliphatic heterocycles. The van der Waals surface area contributed by atoms with E-state index in [1.165, 1.54) is 0 Å². The summed E-state index contributed by atoms with van der Waals surface area (Å²) in [5, 5.41) is 2.80. The molecule has 0 unspecified atom stereocenters. The molecule has 5 nitrogen and oxygen atoms in total. The normalized spacial score (nSPS) is 11.4. The summed E-state index contributed by atoms with van der Waals surface area (Å²) in [5.41, 5.74) is 7.15. The molecule has 0 saturated heterocycles. The first kappa shape index (κ1) is 23.8. The molecule has 0 saturated carbocycles. The maximum Gasteiger partial charge on any atom is 0.253 e. The molecule has 3 N–H and O–H groups in total. The molecule has 1 rings (SSSR count). The summed E-state index contributed by atoms with van der Waals surface area (Å²) < 4.78 is 0. The van der Waals surface area contributed by atoms with Crippen LogP contribution in [0.15, 0.2) is 24.3 Å². The van der Waals surface area contributed by atoms with E-state index in [4.69, 9.17) is 5.73 Å². The Kier molecular flexibility index (Phi) is 12.4. The Bertz CT molecular complexity index is 520. The van der Waals surface area contributed by atoms with Crippen molar-refractivity contribution in [3.8, 4) is 0 Å². The summed E-state index contributed by atoms with van der Waals surface area (Å²) >= 11 is 1.67. The molecule has 0 aliphatic rings. The van der Waals surface area contributed by atoms with Crippen LogP contribution < -0.4 is 11.1 Å². The van der Waals surface area contributed by atoms with Gasteiger partial charge in [-0.15, -0.1) is 12.4 Å². The smallest absolute Gasteiger partial charge is 0.253 e. The van der Waals surface area contributed by atoms with Gasteiger partial charge in [-0.3, -0.25) is 9.59 Å². The molecule has 1 aromatic rings. The van der Waals surface area contributed by atoms with E-state index in [1.54, 1.807) is 36.0 Å². The van der Waals surface area contributed by atoms with Crippen molar-refractivity contribution < 1.29 is 9.59 Å². The van der Waals surface area contributed by atoms with E-state index in [0.717, 1.165) is 31.7 Å². The summed E-state index contributed by atoms with van der Waals surface area (Å²) in [7, 11) is 0. The van der Waals surface area contributed by atoms with Crippen LogP contribution in [0.2, 0.25) is 0 Å². The van der Waals surface area contributed by atoms with E-state index in [9.17, 15) is 9.59 Å². The number of thioether (sulfide) groups is 1. The SMILES string of the molecule is CCCN(CCC)C(=O)c1ccc(NC(=O)[C@@H](N)CCSC)cc1.Cl. The quantitative estimate of drug-likeness (QED) is 0.645. The third kappa shape index (κ3) is 8.12. The fraction of sp³-hybridized carbons (Fsp3) is 0.556. The lowest BCUT2D eigenvalue weighted by Gasteiger charge is -2.21. The zero-order chi connectivity index (χ0) is 17.9. The largest absolute Gasteiger partial charge is 0.339 e. The van der Waals surface area contributed by atoms with E-state index in [0.29, 0.717) is 17.7 Å². The van der Waals surface area contributed by atoms with E-state index in [-0.39, 0.29) is 24.2 Å². The molecule has 2 amide bonds. The van der Waals surface area contributed by atoms with Gasteiger partial charge in [-0.05, 0) is 55.5 Å². The minimum absolute atomic E-state index is 0. The Hall–Kier alpha value is -1.24. The van der Waals surface area contributed by atoms with Crippen LogP contribution in [0, 0.1) is 0 Å². The highest BCUT2D eigenvalue weighted by Gasteiger charge is 2.15. The van der Waals surface area contributed by atoms with Gasteiger partial charge in [-0.2, -0.15) is 11.8 Å². The van der Waals surface area contributed by atoms with Crippen LogP contribution >= 0.6 is 24.2 Å². The first-order valence-corrected chi connectivity index (χ1v) is 9.87. The van der Waals surface area contributed by atoms with Crippen molar-refractivity contribution in [1.82, 2.24) is 4.90 Å². The Labute approximate surface area is 161 Å². The number of carbonyl (C=O) groups is 2. The standard InChI is InChI=1S/C18H29N3O2S.ClH/c1-4-11-21(12-5-2)18(23)14-6-8-15(9-7-14)20-17(22)16(19)10-13-24-3;/h6-9,16H,4-5,10-13,19H2,1-3H3,(H,20,22);1H/t16-;/m0./s1. The van der Waals surface area contributed by atoms with Crippen molar-refractivity contribution in [3.05, 3.63) is 29.8 Å². The number of carbonyl (C=O) groups excluding carboxylic acids is 2. The van der Waals surface area contributed by atoms with Crippen molar-refractivity contribution in [2.45, 2.75) is 39.2 Å². The molecule has 0 aliphatic carbocycles. The Balaban J connectivity index is 0.00000576. The van der Waals surface area contributed by atoms with Crippen LogP contribution in [0.1, 0.15) is 43.5 Å². The summed E-state index contributed by atoms with van der Waals surface area (Å²) in [6, 6.07) is 6.50. The van der Waals surface area contributed by atoms with Crippen molar-refractivity contribution in [2.75, 3.05) is 30.4 Å². The van der Waals surface area contributed by atoms with Crippen LogP contribution in [0.4, 0.5) is 5.69 Å². The third-order valence-corrected chi connectivity index (χ3v) is 4.29. The lowest BCUT2D eigenvalue weighted by atomic mass is 10.1. The number of nitrogens with two attached hydrogens (primary N) is 1. The van der Waals surface area contributed by atoms with Crippen molar-refractivity contribution >= 4 is 41.7 Å². The first-order chi connectivity index (χ1) is 11.5. The molecule has 0 aromatic heterocycles. The highest BCUT2D eigenvalue weighted by Crippen LogP contribution is 2.13. The fourth-order valence-corrected chi connectivity index (χ4v) is 2.83. The lowest BCUT2D eigenvalue weighted by Crippen LogP contribution is -2.36. The maximum absolute atomic E-state index is 12.5. The van der Waals surface area contributed by atoms with Gasteiger partial charge in [-0.1, -0.05) is 13.8 Å². The van der Waals surface area contributed by atoms with Crippen LogP contribution in [-0.2, 0) is 4.79 Å². The zero-order valence-corrected chi connectivity index (χ0v) is 16.9. The molecular formula is C18H30ClN3O2S. The van der Waals surface area contributed by atoms with Gasteiger partial charge in [0.25, 0.3) is 5.91 Å². The monoisotopic (exact) mass is 387 g/mol. The van der Waals surface area contributed by atoms with Gasteiger partial charge in [0, 0.05) is 24.3 Å². The van der Waals surface area contributed by atoms with E-state index >= 15 is 0 Å². The number of rotatable bonds is 10. The number of amides is 2. The predicted octanol–water partition coefficient (Wildman–Crippen LogP) is 3.39. The number of hydrogen-bond acceptors (Lipinski definition) is 4. The molecule has 142 valence electrons. The molecule has 0 radical (unpaired) electrons. The van der Waals surface area contributed by atoms with E-state index in [2.05, 4.69) is 19.2 Å². The van der Waals surface area contributed by atoms with E-state index in [1.807, 2.05) is 11.2 Å². The fourth-order valence-electron chi connectivity index (χ4n) is 2.34. The van der Waals surface area contributed by atoms with Crippen LogP contribution in [-0.4, -0.2) is 47.9 Å². The van der Waals surface area contributed by atoms with Gasteiger partial charge in [0.05, 0.1) is 6.04 Å². The second-order valence-corrected chi connectivity index (χ2v) is 6.73. The summed E-state index contributed by atoms with van der Waals surface area (Å²) in [6.45, 7) is 5.65. The molecule has 25 heavy (non-hydrogen) atoms. The summed E-state index contributed by atoms with van der Waals surface area (Å²) in [5.74, 6) is 0.696.